The van der Waals surface area contributed by atoms with E-state index in [-0.39, 0.29) is 25.7 Å². The molecule has 1 fully saturated rings. The number of carbonyl (C=O) groups excluding carboxylic acids is 3. The molecule has 7 heteroatoms. The van der Waals surface area contributed by atoms with Crippen molar-refractivity contribution in [1.29, 1.82) is 0 Å². The minimum absolute atomic E-state index is 0.0510. The molecular weight excluding hydrogens is 384 g/mol. The Balaban J connectivity index is 1.68. The first-order valence-electron chi connectivity index (χ1n) is 10.0. The van der Waals surface area contributed by atoms with Crippen molar-refractivity contribution in [3.63, 3.8) is 0 Å². The number of nitrogens with one attached hydrogen (secondary N) is 1. The molecule has 7 nitrogen and oxygen atoms in total. The second kappa shape index (κ2) is 7.82. The Morgan fingerprint density at radius 2 is 1.80 bits per heavy atom. The van der Waals surface area contributed by atoms with Crippen LogP contribution in [0.5, 0.6) is 0 Å². The second-order valence-electron chi connectivity index (χ2n) is 7.68. The van der Waals surface area contributed by atoms with Crippen molar-refractivity contribution in [3.8, 4) is 0 Å². The zero-order valence-electron chi connectivity index (χ0n) is 17.0. The third kappa shape index (κ3) is 3.20. The molecule has 1 N–H and O–H groups in total. The zero-order chi connectivity index (χ0) is 21.3. The van der Waals surface area contributed by atoms with E-state index < -0.39 is 29.4 Å². The maximum atomic E-state index is 13.2. The summed E-state index contributed by atoms with van der Waals surface area (Å²) >= 11 is 0. The quantitative estimate of drug-likeness (QED) is 0.785. The molecule has 30 heavy (non-hydrogen) atoms. The number of amides is 2. The van der Waals surface area contributed by atoms with Crippen molar-refractivity contribution in [2.75, 3.05) is 18.5 Å². The molecule has 2 aliphatic heterocycles. The number of hydrogen-bond donors (Lipinski definition) is 1. The van der Waals surface area contributed by atoms with Gasteiger partial charge >= 0.3 is 12.1 Å². The van der Waals surface area contributed by atoms with Crippen LogP contribution in [0.1, 0.15) is 30.9 Å². The molecule has 0 spiro atoms. The number of rotatable bonds is 4. The summed E-state index contributed by atoms with van der Waals surface area (Å²) in [5, 5.41) is 2.88. The average Bonchev–Trinajstić information content (AvgIpc) is 3.08. The molecule has 3 atom stereocenters. The lowest BCUT2D eigenvalue weighted by Crippen LogP contribution is -2.58. The van der Waals surface area contributed by atoms with Crippen LogP contribution in [0.25, 0.3) is 0 Å². The Bertz CT molecular complexity index is 977. The Morgan fingerprint density at radius 3 is 2.53 bits per heavy atom. The molecule has 0 aliphatic carbocycles. The highest BCUT2D eigenvalue weighted by Gasteiger charge is 2.62. The minimum Gasteiger partial charge on any atom is -0.466 e. The highest BCUT2D eigenvalue weighted by atomic mass is 16.6. The lowest BCUT2D eigenvalue weighted by molar-refractivity contribution is -0.148. The number of hydrogen-bond acceptors (Lipinski definition) is 5. The van der Waals surface area contributed by atoms with E-state index in [4.69, 9.17) is 9.47 Å². The van der Waals surface area contributed by atoms with Gasteiger partial charge in [0.1, 0.15) is 12.1 Å². The molecular formula is C23H24N2O5. The van der Waals surface area contributed by atoms with E-state index in [9.17, 15) is 14.4 Å². The highest BCUT2D eigenvalue weighted by Crippen LogP contribution is 2.51. The summed E-state index contributed by atoms with van der Waals surface area (Å²) in [5.41, 5.74) is 1.04. The van der Waals surface area contributed by atoms with Crippen LogP contribution in [0.2, 0.25) is 0 Å². The van der Waals surface area contributed by atoms with Crippen molar-refractivity contribution in [1.82, 2.24) is 4.90 Å². The van der Waals surface area contributed by atoms with E-state index in [1.165, 1.54) is 4.90 Å². The third-order valence-corrected chi connectivity index (χ3v) is 5.97. The summed E-state index contributed by atoms with van der Waals surface area (Å²) in [6.07, 6.45) is -0.632. The van der Waals surface area contributed by atoms with Crippen LogP contribution >= 0.6 is 0 Å². The van der Waals surface area contributed by atoms with Gasteiger partial charge in [-0.05, 0) is 31.0 Å². The van der Waals surface area contributed by atoms with Crippen LogP contribution < -0.4 is 5.32 Å². The van der Waals surface area contributed by atoms with Gasteiger partial charge in [-0.1, -0.05) is 48.5 Å². The van der Waals surface area contributed by atoms with Crippen LogP contribution in [0.3, 0.4) is 0 Å². The van der Waals surface area contributed by atoms with Crippen LogP contribution in [-0.2, 0) is 25.7 Å². The van der Waals surface area contributed by atoms with Gasteiger partial charge in [-0.25, -0.2) is 4.79 Å². The number of fused-ring (bicyclic) bond motifs is 3. The fourth-order valence-electron chi connectivity index (χ4n) is 4.49. The van der Waals surface area contributed by atoms with Crippen LogP contribution in [-0.4, -0.2) is 41.6 Å². The normalized spacial score (nSPS) is 24.5. The van der Waals surface area contributed by atoms with Gasteiger partial charge in [0.2, 0.25) is 0 Å². The lowest BCUT2D eigenvalue weighted by atomic mass is 9.73. The van der Waals surface area contributed by atoms with Crippen molar-refractivity contribution in [3.05, 3.63) is 65.7 Å². The van der Waals surface area contributed by atoms with Crippen LogP contribution in [0.15, 0.2) is 54.6 Å². The molecule has 4 rings (SSSR count). The number of esters is 1. The van der Waals surface area contributed by atoms with Crippen molar-refractivity contribution >= 4 is 23.7 Å². The summed E-state index contributed by atoms with van der Waals surface area (Å²) < 4.78 is 10.8. The Hall–Kier alpha value is -3.35. The Kier molecular flexibility index (Phi) is 5.20. The van der Waals surface area contributed by atoms with Crippen molar-refractivity contribution < 1.29 is 23.9 Å². The van der Waals surface area contributed by atoms with Crippen LogP contribution in [0.4, 0.5) is 10.5 Å². The first-order chi connectivity index (χ1) is 14.5. The van der Waals surface area contributed by atoms with Gasteiger partial charge in [-0.15, -0.1) is 0 Å². The Labute approximate surface area is 175 Å². The summed E-state index contributed by atoms with van der Waals surface area (Å²) in [5.74, 6) is -1.94. The third-order valence-electron chi connectivity index (χ3n) is 5.97. The van der Waals surface area contributed by atoms with Gasteiger partial charge in [-0.3, -0.25) is 14.5 Å². The van der Waals surface area contributed by atoms with Gasteiger partial charge in [0.05, 0.1) is 12.5 Å². The van der Waals surface area contributed by atoms with E-state index in [1.54, 1.807) is 19.9 Å². The number of likely N-dealkylation sites (tertiary alicyclic amines) is 1. The first kappa shape index (κ1) is 19.9. The molecule has 2 aromatic rings. The molecule has 0 aromatic heterocycles. The maximum Gasteiger partial charge on any atom is 0.411 e. The molecule has 156 valence electrons. The smallest absolute Gasteiger partial charge is 0.411 e. The van der Waals surface area contributed by atoms with Gasteiger partial charge in [0.15, 0.2) is 0 Å². The predicted molar refractivity (Wildman–Crippen MR) is 110 cm³/mol. The maximum absolute atomic E-state index is 13.2. The molecule has 0 unspecified atom stereocenters. The topological polar surface area (TPSA) is 84.9 Å². The van der Waals surface area contributed by atoms with Crippen molar-refractivity contribution in [2.24, 2.45) is 5.92 Å². The van der Waals surface area contributed by atoms with Crippen LogP contribution in [0, 0.1) is 5.92 Å². The molecule has 2 amide bonds. The average molecular weight is 408 g/mol. The van der Waals surface area contributed by atoms with E-state index in [1.807, 2.05) is 48.5 Å². The van der Waals surface area contributed by atoms with Gasteiger partial charge in [-0.2, -0.15) is 0 Å². The van der Waals surface area contributed by atoms with Gasteiger partial charge < -0.3 is 14.8 Å². The predicted octanol–water partition coefficient (Wildman–Crippen LogP) is 3.31. The summed E-state index contributed by atoms with van der Waals surface area (Å²) in [6, 6.07) is 16.7. The summed E-state index contributed by atoms with van der Waals surface area (Å²) in [7, 11) is 0. The molecule has 0 bridgehead atoms. The number of ether oxygens (including phenoxy) is 2. The zero-order valence-corrected chi connectivity index (χ0v) is 17.0. The minimum atomic E-state index is -1.26. The van der Waals surface area contributed by atoms with Gasteiger partial charge in [0.25, 0.3) is 5.91 Å². The number of carbonyl (C=O) groups is 3. The SMILES string of the molecule is CCOC(=O)[C@H]1CN(C(=O)OCc2ccccc2)[C@]2(C)C(=O)Nc3ccccc3[C@H]12. The Morgan fingerprint density at radius 1 is 1.10 bits per heavy atom. The van der Waals surface area contributed by atoms with E-state index in [0.717, 1.165) is 11.1 Å². The molecule has 2 aliphatic rings. The molecule has 0 radical (unpaired) electrons. The molecule has 2 aromatic carbocycles. The largest absolute Gasteiger partial charge is 0.466 e. The standard InChI is InChI=1S/C23H24N2O5/c1-3-29-20(26)17-13-25(22(28)30-14-15-9-5-4-6-10-15)23(2)19(17)16-11-7-8-12-18(16)24-21(23)27/h4-12,17,19H,3,13-14H2,1-2H3,(H,24,27)/t17-,19+,23-/m0/s1. The number of anilines is 1. The first-order valence-corrected chi connectivity index (χ1v) is 10.0. The second-order valence-corrected chi connectivity index (χ2v) is 7.68. The summed E-state index contributed by atoms with van der Waals surface area (Å²) in [6.45, 7) is 3.78. The lowest BCUT2D eigenvalue weighted by Gasteiger charge is -2.41. The molecule has 0 saturated carbocycles. The summed E-state index contributed by atoms with van der Waals surface area (Å²) in [4.78, 5) is 40.3. The highest BCUT2D eigenvalue weighted by molar-refractivity contribution is 6.05. The van der Waals surface area contributed by atoms with E-state index >= 15 is 0 Å². The number of para-hydroxylation sites is 1. The number of nitrogens with zero attached hydrogens (tertiary/aromatic N) is 1. The van der Waals surface area contributed by atoms with Crippen molar-refractivity contribution in [2.45, 2.75) is 31.9 Å². The fourth-order valence-corrected chi connectivity index (χ4v) is 4.49. The molecule has 2 heterocycles. The van der Waals surface area contributed by atoms with Gasteiger partial charge in [0, 0.05) is 18.2 Å². The molecule has 1 saturated heterocycles. The fraction of sp³-hybridized carbons (Fsp3) is 0.348. The van der Waals surface area contributed by atoms with E-state index in [2.05, 4.69) is 5.32 Å². The van der Waals surface area contributed by atoms with E-state index in [0.29, 0.717) is 5.69 Å². The number of benzene rings is 2. The monoisotopic (exact) mass is 408 g/mol.